The molecule has 0 amide bonds. The Morgan fingerprint density at radius 1 is 1.62 bits per heavy atom. The molecule has 0 radical (unpaired) electrons. The predicted octanol–water partition coefficient (Wildman–Crippen LogP) is 2.37. The minimum atomic E-state index is 0.234. The number of halogens is 1. The van der Waals surface area contributed by atoms with Crippen molar-refractivity contribution in [2.75, 3.05) is 33.4 Å². The van der Waals surface area contributed by atoms with Crippen LogP contribution in [0.3, 0.4) is 0 Å². The monoisotopic (exact) mass is 262 g/mol. The molecular formula is C11H19ClN2OS. The van der Waals surface area contributed by atoms with Crippen LogP contribution in [-0.4, -0.2) is 38.3 Å². The highest BCUT2D eigenvalue weighted by Gasteiger charge is 2.16. The van der Waals surface area contributed by atoms with Gasteiger partial charge < -0.3 is 10.5 Å². The Morgan fingerprint density at radius 3 is 2.88 bits per heavy atom. The van der Waals surface area contributed by atoms with Crippen LogP contribution in [0.1, 0.15) is 17.8 Å². The summed E-state index contributed by atoms with van der Waals surface area (Å²) in [6.07, 6.45) is 0. The molecule has 1 atom stereocenters. The first-order chi connectivity index (χ1) is 7.69. The first-order valence-corrected chi connectivity index (χ1v) is 6.66. The number of nitrogens with zero attached hydrogens (tertiary/aromatic N) is 1. The summed E-state index contributed by atoms with van der Waals surface area (Å²) in [4.78, 5) is 3.42. The Labute approximate surface area is 106 Å². The van der Waals surface area contributed by atoms with Crippen LogP contribution in [0.15, 0.2) is 11.4 Å². The largest absolute Gasteiger partial charge is 0.380 e. The SMILES string of the molecule is CCOCCN(C)C(CN)c1cc(Cl)cs1. The second-order valence-corrected chi connectivity index (χ2v) is 4.98. The van der Waals surface area contributed by atoms with Gasteiger partial charge in [-0.05, 0) is 20.0 Å². The van der Waals surface area contributed by atoms with E-state index in [1.807, 2.05) is 18.4 Å². The van der Waals surface area contributed by atoms with Gasteiger partial charge in [0.05, 0.1) is 17.7 Å². The van der Waals surface area contributed by atoms with Crippen molar-refractivity contribution in [2.45, 2.75) is 13.0 Å². The molecule has 3 nitrogen and oxygen atoms in total. The van der Waals surface area contributed by atoms with Gasteiger partial charge in [0.2, 0.25) is 0 Å². The van der Waals surface area contributed by atoms with Crippen LogP contribution in [-0.2, 0) is 4.74 Å². The third-order valence-electron chi connectivity index (χ3n) is 2.46. The normalized spacial score (nSPS) is 13.3. The number of rotatable bonds is 7. The highest BCUT2D eigenvalue weighted by Crippen LogP contribution is 2.27. The first kappa shape index (κ1) is 13.9. The molecule has 1 heterocycles. The van der Waals surface area contributed by atoms with Crippen molar-refractivity contribution in [1.82, 2.24) is 4.90 Å². The number of likely N-dealkylation sites (N-methyl/N-ethyl adjacent to an activating group) is 1. The van der Waals surface area contributed by atoms with Crippen molar-refractivity contribution in [2.24, 2.45) is 5.73 Å². The molecule has 1 aromatic rings. The molecule has 0 saturated heterocycles. The number of ether oxygens (including phenoxy) is 1. The maximum atomic E-state index is 5.92. The molecule has 0 spiro atoms. The molecule has 2 N–H and O–H groups in total. The fraction of sp³-hybridized carbons (Fsp3) is 0.636. The molecule has 1 aromatic heterocycles. The van der Waals surface area contributed by atoms with E-state index in [0.717, 1.165) is 24.8 Å². The van der Waals surface area contributed by atoms with Crippen LogP contribution in [0.2, 0.25) is 5.02 Å². The van der Waals surface area contributed by atoms with Gasteiger partial charge >= 0.3 is 0 Å². The van der Waals surface area contributed by atoms with E-state index in [1.165, 1.54) is 4.88 Å². The highest BCUT2D eigenvalue weighted by atomic mass is 35.5. The van der Waals surface area contributed by atoms with Crippen molar-refractivity contribution in [3.8, 4) is 0 Å². The van der Waals surface area contributed by atoms with Gasteiger partial charge in [-0.2, -0.15) is 0 Å². The van der Waals surface area contributed by atoms with Gasteiger partial charge in [-0.25, -0.2) is 0 Å². The van der Waals surface area contributed by atoms with Gasteiger partial charge in [-0.3, -0.25) is 4.90 Å². The van der Waals surface area contributed by atoms with Crippen molar-refractivity contribution in [3.63, 3.8) is 0 Å². The molecule has 1 rings (SSSR count). The van der Waals surface area contributed by atoms with E-state index < -0.39 is 0 Å². The molecule has 16 heavy (non-hydrogen) atoms. The summed E-state index contributed by atoms with van der Waals surface area (Å²) in [7, 11) is 2.06. The van der Waals surface area contributed by atoms with E-state index in [-0.39, 0.29) is 6.04 Å². The number of hydrogen-bond donors (Lipinski definition) is 1. The van der Waals surface area contributed by atoms with E-state index in [2.05, 4.69) is 11.9 Å². The van der Waals surface area contributed by atoms with Crippen molar-refractivity contribution >= 4 is 22.9 Å². The van der Waals surface area contributed by atoms with Crippen LogP contribution < -0.4 is 5.73 Å². The summed E-state index contributed by atoms with van der Waals surface area (Å²) in [5, 5.41) is 2.73. The zero-order chi connectivity index (χ0) is 12.0. The quantitative estimate of drug-likeness (QED) is 0.767. The molecule has 5 heteroatoms. The number of nitrogens with two attached hydrogens (primary N) is 1. The third kappa shape index (κ3) is 4.03. The van der Waals surface area contributed by atoms with Crippen LogP contribution >= 0.6 is 22.9 Å². The van der Waals surface area contributed by atoms with Crippen LogP contribution in [0, 0.1) is 0 Å². The van der Waals surface area contributed by atoms with Gasteiger partial charge in [-0.1, -0.05) is 11.6 Å². The van der Waals surface area contributed by atoms with E-state index in [9.17, 15) is 0 Å². The lowest BCUT2D eigenvalue weighted by molar-refractivity contribution is 0.109. The van der Waals surface area contributed by atoms with Gasteiger partial charge in [0.25, 0.3) is 0 Å². The molecule has 92 valence electrons. The molecule has 0 aliphatic heterocycles. The Balaban J connectivity index is 2.53. The Hall–Kier alpha value is -0.130. The third-order valence-corrected chi connectivity index (χ3v) is 3.85. The average molecular weight is 263 g/mol. The standard InChI is InChI=1S/C11H19ClN2OS/c1-3-15-5-4-14(2)10(7-13)11-6-9(12)8-16-11/h6,8,10H,3-5,7,13H2,1-2H3. The minimum absolute atomic E-state index is 0.234. The molecule has 0 aromatic carbocycles. The summed E-state index contributed by atoms with van der Waals surface area (Å²) in [6, 6.07) is 2.22. The lowest BCUT2D eigenvalue weighted by Crippen LogP contribution is -2.32. The number of thiophene rings is 1. The van der Waals surface area contributed by atoms with Gasteiger partial charge in [0.1, 0.15) is 0 Å². The van der Waals surface area contributed by atoms with E-state index in [0.29, 0.717) is 6.54 Å². The Bertz CT molecular complexity index is 306. The van der Waals surface area contributed by atoms with Gasteiger partial charge in [0, 0.05) is 30.0 Å². The predicted molar refractivity (Wildman–Crippen MR) is 70.2 cm³/mol. The maximum absolute atomic E-state index is 5.92. The molecule has 0 saturated carbocycles. The lowest BCUT2D eigenvalue weighted by atomic mass is 10.2. The van der Waals surface area contributed by atoms with Crippen molar-refractivity contribution in [1.29, 1.82) is 0 Å². The van der Waals surface area contributed by atoms with E-state index in [1.54, 1.807) is 11.3 Å². The van der Waals surface area contributed by atoms with Crippen LogP contribution in [0.5, 0.6) is 0 Å². The topological polar surface area (TPSA) is 38.5 Å². The summed E-state index contributed by atoms with van der Waals surface area (Å²) < 4.78 is 5.33. The van der Waals surface area contributed by atoms with Gasteiger partial charge in [0.15, 0.2) is 0 Å². The lowest BCUT2D eigenvalue weighted by Gasteiger charge is -2.25. The van der Waals surface area contributed by atoms with Crippen molar-refractivity contribution < 1.29 is 4.74 Å². The Morgan fingerprint density at radius 2 is 2.38 bits per heavy atom. The van der Waals surface area contributed by atoms with Crippen molar-refractivity contribution in [3.05, 3.63) is 21.3 Å². The molecule has 1 unspecified atom stereocenters. The van der Waals surface area contributed by atoms with Crippen LogP contribution in [0.4, 0.5) is 0 Å². The summed E-state index contributed by atoms with van der Waals surface area (Å²) in [5.41, 5.74) is 5.80. The summed E-state index contributed by atoms with van der Waals surface area (Å²) >= 11 is 7.57. The summed E-state index contributed by atoms with van der Waals surface area (Å²) in [5.74, 6) is 0. The second-order valence-electron chi connectivity index (χ2n) is 3.60. The molecular weight excluding hydrogens is 244 g/mol. The zero-order valence-electron chi connectivity index (χ0n) is 9.78. The van der Waals surface area contributed by atoms with E-state index in [4.69, 9.17) is 22.1 Å². The second kappa shape index (κ2) is 7.25. The fourth-order valence-electron chi connectivity index (χ4n) is 1.53. The van der Waals surface area contributed by atoms with Gasteiger partial charge in [-0.15, -0.1) is 11.3 Å². The molecule has 0 fully saturated rings. The number of hydrogen-bond acceptors (Lipinski definition) is 4. The first-order valence-electron chi connectivity index (χ1n) is 5.41. The Kier molecular flexibility index (Phi) is 6.31. The highest BCUT2D eigenvalue weighted by molar-refractivity contribution is 7.10. The molecule has 0 aliphatic carbocycles. The zero-order valence-corrected chi connectivity index (χ0v) is 11.4. The maximum Gasteiger partial charge on any atom is 0.0593 e. The minimum Gasteiger partial charge on any atom is -0.380 e. The van der Waals surface area contributed by atoms with E-state index >= 15 is 0 Å². The van der Waals surface area contributed by atoms with Crippen LogP contribution in [0.25, 0.3) is 0 Å². The molecule has 0 bridgehead atoms. The smallest absolute Gasteiger partial charge is 0.0593 e. The summed E-state index contributed by atoms with van der Waals surface area (Å²) in [6.45, 7) is 4.97. The molecule has 0 aliphatic rings. The fourth-order valence-corrected chi connectivity index (χ4v) is 2.79. The average Bonchev–Trinajstić information content (AvgIpc) is 2.66.